The number of hydrogen-bond acceptors (Lipinski definition) is 5. The van der Waals surface area contributed by atoms with Crippen LogP contribution in [0.3, 0.4) is 0 Å². The Morgan fingerprint density at radius 3 is 2.29 bits per heavy atom. The zero-order chi connectivity index (χ0) is 24.4. The molecule has 1 aromatic heterocycles. The number of anilines is 1. The van der Waals surface area contributed by atoms with Gasteiger partial charge in [0, 0.05) is 22.0 Å². The average molecular weight is 497 g/mol. The summed E-state index contributed by atoms with van der Waals surface area (Å²) in [6.07, 6.45) is -0.636. The number of alkyl halides is 3. The summed E-state index contributed by atoms with van der Waals surface area (Å²) in [5.74, 6) is 1.05. The second-order valence-electron chi connectivity index (χ2n) is 8.48. The Balaban J connectivity index is 1.51. The molecule has 0 radical (unpaired) electrons. The van der Waals surface area contributed by atoms with Crippen LogP contribution in [-0.4, -0.2) is 16.5 Å². The standard InChI is InChI=1S/C27H23F3N2O2S/c28-27(29,30)34-22-11-5-18(6-12-22)16-32(35-23-13-7-19(17-33)8-14-23)26-25(20-9-10-20)24-4-2-1-3-21(24)15-31-26/h1-8,11-15,20,33H,9-10,16-17H2. The summed E-state index contributed by atoms with van der Waals surface area (Å²) >= 11 is 1.52. The summed E-state index contributed by atoms with van der Waals surface area (Å²) in [4.78, 5) is 5.82. The highest BCUT2D eigenvalue weighted by molar-refractivity contribution is 8.00. The lowest BCUT2D eigenvalue weighted by molar-refractivity contribution is -0.274. The van der Waals surface area contributed by atoms with Crippen molar-refractivity contribution >= 4 is 28.5 Å². The van der Waals surface area contributed by atoms with E-state index in [1.54, 1.807) is 12.1 Å². The molecule has 35 heavy (non-hydrogen) atoms. The zero-order valence-electron chi connectivity index (χ0n) is 18.7. The number of pyridine rings is 1. The molecule has 0 saturated heterocycles. The van der Waals surface area contributed by atoms with Crippen molar-refractivity contribution in [3.05, 3.63) is 95.7 Å². The average Bonchev–Trinajstić information content (AvgIpc) is 3.69. The Hall–Kier alpha value is -3.23. The molecule has 0 atom stereocenters. The first-order valence-electron chi connectivity index (χ1n) is 11.3. The molecule has 1 N–H and O–H groups in total. The van der Waals surface area contributed by atoms with Crippen LogP contribution in [0, 0.1) is 0 Å². The summed E-state index contributed by atoms with van der Waals surface area (Å²) in [5.41, 5.74) is 2.86. The van der Waals surface area contributed by atoms with Crippen molar-refractivity contribution in [3.8, 4) is 5.75 Å². The molecular formula is C27H23F3N2O2S. The highest BCUT2D eigenvalue weighted by Gasteiger charge is 2.32. The van der Waals surface area contributed by atoms with Gasteiger partial charge in [-0.15, -0.1) is 13.2 Å². The smallest absolute Gasteiger partial charge is 0.406 e. The van der Waals surface area contributed by atoms with Gasteiger partial charge in [-0.2, -0.15) is 0 Å². The topological polar surface area (TPSA) is 45.6 Å². The molecule has 3 aromatic carbocycles. The normalized spacial score (nSPS) is 13.7. The van der Waals surface area contributed by atoms with E-state index in [1.165, 1.54) is 35.0 Å². The highest BCUT2D eigenvalue weighted by atomic mass is 32.2. The van der Waals surface area contributed by atoms with E-state index in [0.29, 0.717) is 12.5 Å². The third-order valence-electron chi connectivity index (χ3n) is 5.84. The number of aromatic nitrogens is 1. The van der Waals surface area contributed by atoms with Gasteiger partial charge in [-0.25, -0.2) is 4.98 Å². The molecule has 1 fully saturated rings. The van der Waals surface area contributed by atoms with Gasteiger partial charge >= 0.3 is 6.36 Å². The fourth-order valence-corrected chi connectivity index (χ4v) is 5.00. The lowest BCUT2D eigenvalue weighted by Crippen LogP contribution is -2.18. The molecule has 0 unspecified atom stereocenters. The number of aliphatic hydroxyl groups is 1. The zero-order valence-corrected chi connectivity index (χ0v) is 19.5. The van der Waals surface area contributed by atoms with E-state index < -0.39 is 6.36 Å². The number of aliphatic hydroxyl groups excluding tert-OH is 1. The molecular weight excluding hydrogens is 473 g/mol. The minimum Gasteiger partial charge on any atom is -0.406 e. The molecule has 1 aliphatic rings. The van der Waals surface area contributed by atoms with Crippen LogP contribution in [-0.2, 0) is 13.2 Å². The van der Waals surface area contributed by atoms with Crippen LogP contribution in [0.5, 0.6) is 5.75 Å². The number of ether oxygens (including phenoxy) is 1. The first kappa shape index (κ1) is 23.5. The molecule has 4 nitrogen and oxygen atoms in total. The summed E-state index contributed by atoms with van der Waals surface area (Å²) in [6.45, 7) is 0.406. The minimum atomic E-state index is -4.72. The van der Waals surface area contributed by atoms with Gasteiger partial charge in [-0.3, -0.25) is 4.31 Å². The molecule has 180 valence electrons. The Morgan fingerprint density at radius 1 is 0.943 bits per heavy atom. The quantitative estimate of drug-likeness (QED) is 0.261. The van der Waals surface area contributed by atoms with Gasteiger partial charge in [0.2, 0.25) is 0 Å². The van der Waals surface area contributed by atoms with Crippen LogP contribution in [0.4, 0.5) is 19.0 Å². The van der Waals surface area contributed by atoms with Gasteiger partial charge in [-0.05, 0) is 71.5 Å². The van der Waals surface area contributed by atoms with E-state index in [1.807, 2.05) is 42.6 Å². The maximum Gasteiger partial charge on any atom is 0.573 e. The van der Waals surface area contributed by atoms with Crippen molar-refractivity contribution in [2.75, 3.05) is 4.31 Å². The molecule has 4 aromatic rings. The van der Waals surface area contributed by atoms with Gasteiger partial charge in [0.25, 0.3) is 0 Å². The number of hydrogen-bond donors (Lipinski definition) is 1. The van der Waals surface area contributed by atoms with E-state index in [9.17, 15) is 18.3 Å². The van der Waals surface area contributed by atoms with Crippen LogP contribution in [0.1, 0.15) is 35.4 Å². The molecule has 1 aliphatic carbocycles. The Labute approximate surface area is 205 Å². The molecule has 1 saturated carbocycles. The third kappa shape index (κ3) is 5.71. The van der Waals surface area contributed by atoms with Gasteiger partial charge in [0.15, 0.2) is 0 Å². The fraction of sp³-hybridized carbons (Fsp3) is 0.222. The molecule has 8 heteroatoms. The second kappa shape index (κ2) is 9.79. The number of fused-ring (bicyclic) bond motifs is 1. The van der Waals surface area contributed by atoms with Crippen molar-refractivity contribution in [2.45, 2.75) is 43.2 Å². The SMILES string of the molecule is OCc1ccc(SN(Cc2ccc(OC(F)(F)F)cc2)c2ncc3ccccc3c2C2CC2)cc1. The maximum atomic E-state index is 12.6. The van der Waals surface area contributed by atoms with Crippen molar-refractivity contribution in [1.82, 2.24) is 4.98 Å². The number of rotatable bonds is 8. The first-order chi connectivity index (χ1) is 16.9. The Kier molecular flexibility index (Phi) is 6.58. The van der Waals surface area contributed by atoms with E-state index in [-0.39, 0.29) is 12.4 Å². The summed E-state index contributed by atoms with van der Waals surface area (Å²) < 4.78 is 43.8. The van der Waals surface area contributed by atoms with Crippen LogP contribution in [0.2, 0.25) is 0 Å². The highest BCUT2D eigenvalue weighted by Crippen LogP contribution is 2.48. The van der Waals surface area contributed by atoms with Crippen LogP contribution in [0.25, 0.3) is 10.8 Å². The predicted molar refractivity (Wildman–Crippen MR) is 131 cm³/mol. The van der Waals surface area contributed by atoms with E-state index in [2.05, 4.69) is 21.2 Å². The van der Waals surface area contributed by atoms with Gasteiger partial charge in [-0.1, -0.05) is 48.5 Å². The van der Waals surface area contributed by atoms with Crippen LogP contribution in [0.15, 0.2) is 83.9 Å². The molecule has 5 rings (SSSR count). The molecule has 0 spiro atoms. The first-order valence-corrected chi connectivity index (χ1v) is 12.0. The number of benzene rings is 3. The van der Waals surface area contributed by atoms with Gasteiger partial charge in [0.05, 0.1) is 13.2 Å². The summed E-state index contributed by atoms with van der Waals surface area (Å²) in [7, 11) is 0. The van der Waals surface area contributed by atoms with Gasteiger partial charge < -0.3 is 9.84 Å². The molecule has 0 bridgehead atoms. The predicted octanol–water partition coefficient (Wildman–Crippen LogP) is 7.22. The largest absolute Gasteiger partial charge is 0.573 e. The van der Waals surface area contributed by atoms with Crippen molar-refractivity contribution < 1.29 is 23.0 Å². The summed E-state index contributed by atoms with van der Waals surface area (Å²) in [5, 5.41) is 11.6. The molecule has 1 heterocycles. The van der Waals surface area contributed by atoms with Crippen LogP contribution < -0.4 is 9.04 Å². The molecule has 0 amide bonds. The van der Waals surface area contributed by atoms with E-state index >= 15 is 0 Å². The van der Waals surface area contributed by atoms with Crippen LogP contribution >= 0.6 is 11.9 Å². The Morgan fingerprint density at radius 2 is 1.63 bits per heavy atom. The second-order valence-corrected chi connectivity index (χ2v) is 9.57. The van der Waals surface area contributed by atoms with Crippen molar-refractivity contribution in [3.63, 3.8) is 0 Å². The lowest BCUT2D eigenvalue weighted by atomic mass is 10.0. The monoisotopic (exact) mass is 496 g/mol. The van der Waals surface area contributed by atoms with Crippen molar-refractivity contribution in [2.24, 2.45) is 0 Å². The maximum absolute atomic E-state index is 12.6. The summed E-state index contributed by atoms with van der Waals surface area (Å²) in [6, 6.07) is 21.8. The van der Waals surface area contributed by atoms with E-state index in [4.69, 9.17) is 4.98 Å². The number of halogens is 3. The third-order valence-corrected chi connectivity index (χ3v) is 6.85. The van der Waals surface area contributed by atoms with E-state index in [0.717, 1.165) is 40.1 Å². The van der Waals surface area contributed by atoms with Gasteiger partial charge in [0.1, 0.15) is 11.6 Å². The lowest BCUT2D eigenvalue weighted by Gasteiger charge is -2.26. The van der Waals surface area contributed by atoms with Crippen molar-refractivity contribution in [1.29, 1.82) is 0 Å². The molecule has 0 aliphatic heterocycles. The fourth-order valence-electron chi connectivity index (χ4n) is 4.04. The number of nitrogens with zero attached hydrogens (tertiary/aromatic N) is 2. The Bertz CT molecular complexity index is 1310. The minimum absolute atomic E-state index is 0.0287.